The Bertz CT molecular complexity index is 650. The zero-order chi connectivity index (χ0) is 13.8. The van der Waals surface area contributed by atoms with Gasteiger partial charge in [-0.1, -0.05) is 0 Å². The SMILES string of the molecule is COc1ccc(-c2cc(CC(=O)Cl)c(=O)[nH]n2)cc1. The number of aromatic nitrogens is 2. The molecule has 2 rings (SSSR count). The largest absolute Gasteiger partial charge is 0.497 e. The van der Waals surface area contributed by atoms with Gasteiger partial charge < -0.3 is 4.74 Å². The normalized spacial score (nSPS) is 10.2. The minimum Gasteiger partial charge on any atom is -0.497 e. The molecule has 0 atom stereocenters. The number of carbonyl (C=O) groups excluding carboxylic acids is 1. The predicted octanol–water partition coefficient (Wildman–Crippen LogP) is 1.75. The number of hydrogen-bond donors (Lipinski definition) is 1. The van der Waals surface area contributed by atoms with Crippen LogP contribution in [0.3, 0.4) is 0 Å². The van der Waals surface area contributed by atoms with E-state index in [1.54, 1.807) is 25.3 Å². The maximum Gasteiger partial charge on any atom is 0.267 e. The molecule has 1 N–H and O–H groups in total. The summed E-state index contributed by atoms with van der Waals surface area (Å²) in [5, 5.41) is 5.71. The van der Waals surface area contributed by atoms with E-state index in [-0.39, 0.29) is 6.42 Å². The summed E-state index contributed by atoms with van der Waals surface area (Å²) in [6, 6.07) is 8.75. The zero-order valence-corrected chi connectivity index (χ0v) is 10.9. The summed E-state index contributed by atoms with van der Waals surface area (Å²) >= 11 is 5.29. The Kier molecular flexibility index (Phi) is 3.97. The van der Waals surface area contributed by atoms with Crippen LogP contribution < -0.4 is 10.3 Å². The fourth-order valence-electron chi connectivity index (χ4n) is 1.64. The van der Waals surface area contributed by atoms with Gasteiger partial charge in [-0.3, -0.25) is 9.59 Å². The smallest absolute Gasteiger partial charge is 0.267 e. The van der Waals surface area contributed by atoms with Crippen molar-refractivity contribution in [1.29, 1.82) is 0 Å². The molecule has 0 amide bonds. The Morgan fingerprint density at radius 2 is 2.05 bits per heavy atom. The lowest BCUT2D eigenvalue weighted by atomic mass is 10.1. The van der Waals surface area contributed by atoms with Crippen molar-refractivity contribution in [2.45, 2.75) is 6.42 Å². The van der Waals surface area contributed by atoms with E-state index in [1.807, 2.05) is 12.1 Å². The number of nitrogens with one attached hydrogen (secondary N) is 1. The molecule has 0 aliphatic rings. The van der Waals surface area contributed by atoms with Gasteiger partial charge in [0.2, 0.25) is 5.24 Å². The molecule has 0 bridgehead atoms. The van der Waals surface area contributed by atoms with E-state index in [0.717, 1.165) is 11.3 Å². The van der Waals surface area contributed by atoms with Crippen LogP contribution in [0.15, 0.2) is 35.1 Å². The highest BCUT2D eigenvalue weighted by Gasteiger charge is 2.08. The fourth-order valence-corrected chi connectivity index (χ4v) is 1.78. The summed E-state index contributed by atoms with van der Waals surface area (Å²) < 4.78 is 5.06. The van der Waals surface area contributed by atoms with E-state index in [2.05, 4.69) is 10.2 Å². The van der Waals surface area contributed by atoms with Crippen LogP contribution in [0.5, 0.6) is 5.75 Å². The number of methoxy groups -OCH3 is 1. The molecular weight excluding hydrogens is 268 g/mol. The van der Waals surface area contributed by atoms with Gasteiger partial charge >= 0.3 is 0 Å². The van der Waals surface area contributed by atoms with Crippen molar-refractivity contribution in [3.63, 3.8) is 0 Å². The third kappa shape index (κ3) is 3.20. The molecule has 1 aromatic carbocycles. The summed E-state index contributed by atoms with van der Waals surface area (Å²) in [5.74, 6) is 0.726. The Labute approximate surface area is 114 Å². The van der Waals surface area contributed by atoms with Crippen LogP contribution in [0.1, 0.15) is 5.56 Å². The number of halogens is 1. The molecule has 0 aliphatic carbocycles. The quantitative estimate of drug-likeness (QED) is 0.865. The third-order valence-corrected chi connectivity index (χ3v) is 2.73. The topological polar surface area (TPSA) is 72.1 Å². The van der Waals surface area contributed by atoms with E-state index in [9.17, 15) is 9.59 Å². The predicted molar refractivity (Wildman–Crippen MR) is 71.4 cm³/mol. The lowest BCUT2D eigenvalue weighted by Gasteiger charge is -2.04. The third-order valence-electron chi connectivity index (χ3n) is 2.60. The highest BCUT2D eigenvalue weighted by Crippen LogP contribution is 2.20. The van der Waals surface area contributed by atoms with Gasteiger partial charge in [-0.2, -0.15) is 5.10 Å². The fraction of sp³-hybridized carbons (Fsp3) is 0.154. The highest BCUT2D eigenvalue weighted by molar-refractivity contribution is 6.63. The van der Waals surface area contributed by atoms with E-state index in [0.29, 0.717) is 11.3 Å². The number of hydrogen-bond acceptors (Lipinski definition) is 4. The van der Waals surface area contributed by atoms with Crippen molar-refractivity contribution in [1.82, 2.24) is 10.2 Å². The molecule has 1 aromatic heterocycles. The van der Waals surface area contributed by atoms with Crippen LogP contribution in [-0.4, -0.2) is 22.5 Å². The average Bonchev–Trinajstić information content (AvgIpc) is 2.41. The first-order valence-electron chi connectivity index (χ1n) is 5.51. The summed E-state index contributed by atoms with van der Waals surface area (Å²) in [6.45, 7) is 0. The molecule has 1 heterocycles. The number of nitrogens with zero attached hydrogens (tertiary/aromatic N) is 1. The maximum atomic E-state index is 11.5. The number of aromatic amines is 1. The summed E-state index contributed by atoms with van der Waals surface area (Å²) in [4.78, 5) is 22.4. The van der Waals surface area contributed by atoms with Crippen LogP contribution in [0.25, 0.3) is 11.3 Å². The van der Waals surface area contributed by atoms with Crippen molar-refractivity contribution < 1.29 is 9.53 Å². The molecule has 5 nitrogen and oxygen atoms in total. The average molecular weight is 279 g/mol. The van der Waals surface area contributed by atoms with Gasteiger partial charge in [0.15, 0.2) is 0 Å². The zero-order valence-electron chi connectivity index (χ0n) is 10.1. The first-order chi connectivity index (χ1) is 9.10. The second kappa shape index (κ2) is 5.67. The molecule has 0 fully saturated rings. The van der Waals surface area contributed by atoms with Crippen LogP contribution in [-0.2, 0) is 11.2 Å². The summed E-state index contributed by atoms with van der Waals surface area (Å²) in [7, 11) is 1.58. The van der Waals surface area contributed by atoms with Crippen LogP contribution in [0.4, 0.5) is 0 Å². The van der Waals surface area contributed by atoms with Crippen molar-refractivity contribution >= 4 is 16.8 Å². The van der Waals surface area contributed by atoms with Gasteiger partial charge in [-0.05, 0) is 41.9 Å². The molecule has 0 saturated carbocycles. The number of benzene rings is 1. The number of carbonyl (C=O) groups is 1. The number of H-pyrrole nitrogens is 1. The molecule has 0 saturated heterocycles. The van der Waals surface area contributed by atoms with Gasteiger partial charge in [0.25, 0.3) is 5.56 Å². The molecule has 98 valence electrons. The maximum absolute atomic E-state index is 11.5. The van der Waals surface area contributed by atoms with Crippen LogP contribution >= 0.6 is 11.6 Å². The van der Waals surface area contributed by atoms with Gasteiger partial charge in [-0.15, -0.1) is 0 Å². The van der Waals surface area contributed by atoms with Gasteiger partial charge in [-0.25, -0.2) is 5.10 Å². The summed E-state index contributed by atoms with van der Waals surface area (Å²) in [5.41, 5.74) is 1.25. The standard InChI is InChI=1S/C13H11ClN2O3/c1-19-10-4-2-8(3-5-10)11-6-9(7-12(14)17)13(18)16-15-11/h2-6H,7H2,1H3,(H,16,18). The molecular formula is C13H11ClN2O3. The van der Waals surface area contributed by atoms with E-state index in [1.165, 1.54) is 0 Å². The Hall–Kier alpha value is -2.14. The molecule has 19 heavy (non-hydrogen) atoms. The van der Waals surface area contributed by atoms with Crippen LogP contribution in [0.2, 0.25) is 0 Å². The Morgan fingerprint density at radius 1 is 1.37 bits per heavy atom. The lowest BCUT2D eigenvalue weighted by Crippen LogP contribution is -2.16. The van der Waals surface area contributed by atoms with Gasteiger partial charge in [0.05, 0.1) is 19.2 Å². The van der Waals surface area contributed by atoms with Gasteiger partial charge in [0, 0.05) is 11.1 Å². The summed E-state index contributed by atoms with van der Waals surface area (Å²) in [6.07, 6.45) is -0.122. The van der Waals surface area contributed by atoms with Crippen molar-refractivity contribution in [2.75, 3.05) is 7.11 Å². The first-order valence-corrected chi connectivity index (χ1v) is 5.89. The van der Waals surface area contributed by atoms with E-state index >= 15 is 0 Å². The van der Waals surface area contributed by atoms with Crippen molar-refractivity contribution in [3.05, 3.63) is 46.2 Å². The molecule has 0 radical (unpaired) electrons. The molecule has 0 unspecified atom stereocenters. The van der Waals surface area contributed by atoms with Crippen molar-refractivity contribution in [2.24, 2.45) is 0 Å². The Balaban J connectivity index is 2.39. The second-order valence-corrected chi connectivity index (χ2v) is 4.29. The second-order valence-electron chi connectivity index (χ2n) is 3.87. The van der Waals surface area contributed by atoms with Crippen molar-refractivity contribution in [3.8, 4) is 17.0 Å². The minimum atomic E-state index is -0.586. The van der Waals surface area contributed by atoms with E-state index in [4.69, 9.17) is 16.3 Å². The molecule has 0 spiro atoms. The highest BCUT2D eigenvalue weighted by atomic mass is 35.5. The molecule has 2 aromatic rings. The molecule has 6 heteroatoms. The number of ether oxygens (including phenoxy) is 1. The van der Waals surface area contributed by atoms with Crippen LogP contribution in [0, 0.1) is 0 Å². The molecule has 0 aliphatic heterocycles. The number of rotatable bonds is 4. The van der Waals surface area contributed by atoms with E-state index < -0.39 is 10.8 Å². The van der Waals surface area contributed by atoms with Gasteiger partial charge in [0.1, 0.15) is 5.75 Å². The minimum absolute atomic E-state index is 0.122. The first kappa shape index (κ1) is 13.3. The monoisotopic (exact) mass is 278 g/mol. The lowest BCUT2D eigenvalue weighted by molar-refractivity contribution is -0.111. The Morgan fingerprint density at radius 3 is 2.63 bits per heavy atom.